The molecule has 0 fully saturated rings. The number of nitrogens with zero attached hydrogens (tertiary/aromatic N) is 3. The van der Waals surface area contributed by atoms with Crippen LogP contribution in [0.15, 0.2) is 53.7 Å². The van der Waals surface area contributed by atoms with Gasteiger partial charge < -0.3 is 9.74 Å². The molecule has 6 heteroatoms. The molecule has 0 amide bonds. The summed E-state index contributed by atoms with van der Waals surface area (Å²) in [5.74, 6) is 0. The van der Waals surface area contributed by atoms with Gasteiger partial charge in [0.2, 0.25) is 5.72 Å². The van der Waals surface area contributed by atoms with E-state index in [0.29, 0.717) is 6.42 Å². The summed E-state index contributed by atoms with van der Waals surface area (Å²) < 4.78 is 0. The molecular formula is C19H19N3O3. The van der Waals surface area contributed by atoms with Crippen molar-refractivity contribution in [2.24, 2.45) is 5.16 Å². The van der Waals surface area contributed by atoms with E-state index in [0.717, 1.165) is 17.0 Å². The van der Waals surface area contributed by atoms with Crippen LogP contribution in [0.1, 0.15) is 31.4 Å². The zero-order valence-corrected chi connectivity index (χ0v) is 14.4. The molecular weight excluding hydrogens is 318 g/mol. The van der Waals surface area contributed by atoms with Crippen LogP contribution in [0.5, 0.6) is 0 Å². The topological polar surface area (TPSA) is 68.0 Å². The third-order valence-corrected chi connectivity index (χ3v) is 5.58. The quantitative estimate of drug-likeness (QED) is 0.617. The Balaban J connectivity index is 1.68. The van der Waals surface area contributed by atoms with Crippen molar-refractivity contribution in [2.75, 3.05) is 11.9 Å². The number of hydrogen-bond acceptors (Lipinski definition) is 5. The zero-order valence-electron chi connectivity index (χ0n) is 14.4. The average molecular weight is 337 g/mol. The maximum Gasteiger partial charge on any atom is 0.269 e. The zero-order chi connectivity index (χ0) is 17.8. The smallest absolute Gasteiger partial charge is 0.269 e. The van der Waals surface area contributed by atoms with Crippen LogP contribution in [0.2, 0.25) is 0 Å². The van der Waals surface area contributed by atoms with E-state index in [-0.39, 0.29) is 11.1 Å². The molecule has 0 N–H and O–H groups in total. The maximum absolute atomic E-state index is 10.8. The van der Waals surface area contributed by atoms with Gasteiger partial charge in [0.05, 0.1) is 22.5 Å². The summed E-state index contributed by atoms with van der Waals surface area (Å²) in [6.45, 7) is 4.34. The molecule has 0 bridgehead atoms. The molecule has 2 aliphatic rings. The van der Waals surface area contributed by atoms with Crippen molar-refractivity contribution >= 4 is 17.1 Å². The lowest BCUT2D eigenvalue weighted by atomic mass is 9.75. The molecule has 0 unspecified atom stereocenters. The van der Waals surface area contributed by atoms with Crippen molar-refractivity contribution < 1.29 is 9.76 Å². The van der Waals surface area contributed by atoms with Gasteiger partial charge in [-0.05, 0) is 37.6 Å². The van der Waals surface area contributed by atoms with Gasteiger partial charge in [-0.25, -0.2) is 0 Å². The molecule has 1 atom stereocenters. The first-order chi connectivity index (χ1) is 11.9. The van der Waals surface area contributed by atoms with Crippen molar-refractivity contribution in [1.29, 1.82) is 0 Å². The van der Waals surface area contributed by atoms with Crippen molar-refractivity contribution in [2.45, 2.75) is 31.4 Å². The van der Waals surface area contributed by atoms with Crippen molar-refractivity contribution in [3.63, 3.8) is 0 Å². The van der Waals surface area contributed by atoms with E-state index in [1.165, 1.54) is 17.7 Å². The minimum atomic E-state index is -0.589. The standard InChI is InChI=1S/C19H19N3O3/c1-18(2)15-6-4-5-7-17(15)21(3)19(18)12-16(20-25-19)13-8-10-14(11-9-13)22(23)24/h4-11H,12H2,1-3H3/t19-/m0/s1. The van der Waals surface area contributed by atoms with Gasteiger partial charge in [0.1, 0.15) is 0 Å². The Morgan fingerprint density at radius 2 is 1.84 bits per heavy atom. The number of oxime groups is 1. The van der Waals surface area contributed by atoms with Crippen LogP contribution in [0.4, 0.5) is 11.4 Å². The van der Waals surface area contributed by atoms with E-state index in [2.05, 4.69) is 36.0 Å². The highest BCUT2D eigenvalue weighted by Crippen LogP contribution is 2.55. The number of nitro groups is 1. The number of benzene rings is 2. The van der Waals surface area contributed by atoms with Crippen LogP contribution in [0.3, 0.4) is 0 Å². The number of anilines is 1. The summed E-state index contributed by atoms with van der Waals surface area (Å²) in [4.78, 5) is 18.6. The van der Waals surface area contributed by atoms with Gasteiger partial charge in [-0.3, -0.25) is 10.1 Å². The number of likely N-dealkylation sites (N-methyl/N-ethyl adjacent to an activating group) is 1. The molecule has 0 saturated carbocycles. The lowest BCUT2D eigenvalue weighted by Gasteiger charge is -2.40. The number of non-ortho nitro benzene ring substituents is 1. The monoisotopic (exact) mass is 337 g/mol. The van der Waals surface area contributed by atoms with Crippen LogP contribution in [0, 0.1) is 10.1 Å². The number of nitro benzene ring substituents is 1. The number of fused-ring (bicyclic) bond motifs is 1. The van der Waals surface area contributed by atoms with Crippen molar-refractivity contribution in [3.8, 4) is 0 Å². The fourth-order valence-electron chi connectivity index (χ4n) is 3.99. The lowest BCUT2D eigenvalue weighted by molar-refractivity contribution is -0.384. The fourth-order valence-corrected chi connectivity index (χ4v) is 3.99. The highest BCUT2D eigenvalue weighted by atomic mass is 16.7. The minimum absolute atomic E-state index is 0.0729. The van der Waals surface area contributed by atoms with Crippen LogP contribution in [-0.4, -0.2) is 23.4 Å². The SMILES string of the molecule is CN1c2ccccc2C(C)(C)[C@@]12CC(c1ccc([N+](=O)[O-])cc1)=NO2. The van der Waals surface area contributed by atoms with Gasteiger partial charge in [-0.15, -0.1) is 0 Å². The molecule has 0 aliphatic carbocycles. The lowest BCUT2D eigenvalue weighted by Crippen LogP contribution is -2.54. The predicted molar refractivity (Wildman–Crippen MR) is 95.9 cm³/mol. The molecule has 2 heterocycles. The Labute approximate surface area is 145 Å². The molecule has 4 rings (SSSR count). The van der Waals surface area contributed by atoms with Crippen molar-refractivity contribution in [3.05, 3.63) is 69.8 Å². The number of para-hydroxylation sites is 1. The second kappa shape index (κ2) is 5.05. The van der Waals surface area contributed by atoms with E-state index in [1.54, 1.807) is 12.1 Å². The summed E-state index contributed by atoms with van der Waals surface area (Å²) in [5.41, 5.74) is 3.28. The molecule has 2 aromatic carbocycles. The van der Waals surface area contributed by atoms with Gasteiger partial charge in [0.15, 0.2) is 0 Å². The number of hydrogen-bond donors (Lipinski definition) is 0. The molecule has 2 aliphatic heterocycles. The largest absolute Gasteiger partial charge is 0.366 e. The normalized spacial score (nSPS) is 23.3. The van der Waals surface area contributed by atoms with Gasteiger partial charge in [-0.1, -0.05) is 23.4 Å². The summed E-state index contributed by atoms with van der Waals surface area (Å²) in [7, 11) is 2.03. The average Bonchev–Trinajstić information content (AvgIpc) is 3.13. The molecule has 0 aromatic heterocycles. The Hall–Kier alpha value is -2.89. The van der Waals surface area contributed by atoms with Gasteiger partial charge >= 0.3 is 0 Å². The van der Waals surface area contributed by atoms with E-state index >= 15 is 0 Å². The third-order valence-electron chi connectivity index (χ3n) is 5.58. The second-order valence-electron chi connectivity index (χ2n) is 7.10. The Morgan fingerprint density at radius 1 is 1.16 bits per heavy atom. The fraction of sp³-hybridized carbons (Fsp3) is 0.316. The van der Waals surface area contributed by atoms with E-state index < -0.39 is 10.6 Å². The Bertz CT molecular complexity index is 889. The molecule has 2 aromatic rings. The highest BCUT2D eigenvalue weighted by Gasteiger charge is 2.61. The van der Waals surface area contributed by atoms with E-state index in [1.807, 2.05) is 19.2 Å². The van der Waals surface area contributed by atoms with Crippen LogP contribution in [-0.2, 0) is 10.3 Å². The van der Waals surface area contributed by atoms with E-state index in [4.69, 9.17) is 4.84 Å². The Kier molecular flexibility index (Phi) is 3.16. The Morgan fingerprint density at radius 3 is 2.48 bits per heavy atom. The van der Waals surface area contributed by atoms with Crippen LogP contribution < -0.4 is 4.90 Å². The predicted octanol–water partition coefficient (Wildman–Crippen LogP) is 3.84. The van der Waals surface area contributed by atoms with Gasteiger partial charge in [-0.2, -0.15) is 0 Å². The molecule has 25 heavy (non-hydrogen) atoms. The summed E-state index contributed by atoms with van der Waals surface area (Å²) in [5, 5.41) is 15.2. The molecule has 128 valence electrons. The first kappa shape index (κ1) is 15.6. The first-order valence-electron chi connectivity index (χ1n) is 8.20. The molecule has 0 saturated heterocycles. The molecule has 0 radical (unpaired) electrons. The summed E-state index contributed by atoms with van der Waals surface area (Å²) in [6, 6.07) is 14.8. The minimum Gasteiger partial charge on any atom is -0.366 e. The third kappa shape index (κ3) is 2.00. The van der Waals surface area contributed by atoms with Gasteiger partial charge in [0.25, 0.3) is 5.69 Å². The second-order valence-corrected chi connectivity index (χ2v) is 7.10. The maximum atomic E-state index is 10.8. The van der Waals surface area contributed by atoms with Crippen LogP contribution in [0.25, 0.3) is 0 Å². The first-order valence-corrected chi connectivity index (χ1v) is 8.20. The molecule has 1 spiro atoms. The highest BCUT2D eigenvalue weighted by molar-refractivity contribution is 6.02. The molecule has 6 nitrogen and oxygen atoms in total. The summed E-state index contributed by atoms with van der Waals surface area (Å²) in [6.07, 6.45) is 0.614. The van der Waals surface area contributed by atoms with Crippen LogP contribution >= 0.6 is 0 Å². The van der Waals surface area contributed by atoms with E-state index in [9.17, 15) is 10.1 Å². The number of rotatable bonds is 2. The van der Waals surface area contributed by atoms with Gasteiger partial charge in [0, 0.05) is 30.4 Å². The van der Waals surface area contributed by atoms with Crippen molar-refractivity contribution in [1.82, 2.24) is 0 Å². The summed E-state index contributed by atoms with van der Waals surface area (Å²) >= 11 is 0.